The zero-order valence-corrected chi connectivity index (χ0v) is 14.8. The van der Waals surface area contributed by atoms with Gasteiger partial charge in [0.05, 0.1) is 12.1 Å². The number of amides is 1. The van der Waals surface area contributed by atoms with Gasteiger partial charge in [0.25, 0.3) is 0 Å². The fourth-order valence-electron chi connectivity index (χ4n) is 2.52. The van der Waals surface area contributed by atoms with Crippen LogP contribution in [0, 0.1) is 0 Å². The summed E-state index contributed by atoms with van der Waals surface area (Å²) in [4.78, 5) is 20.4. The van der Waals surface area contributed by atoms with E-state index in [9.17, 15) is 4.79 Å². The van der Waals surface area contributed by atoms with Gasteiger partial charge >= 0.3 is 0 Å². The summed E-state index contributed by atoms with van der Waals surface area (Å²) in [6.45, 7) is 5.24. The number of halogens is 1. The molecule has 22 heavy (non-hydrogen) atoms. The van der Waals surface area contributed by atoms with Crippen molar-refractivity contribution in [2.45, 2.75) is 26.3 Å². The third kappa shape index (κ3) is 3.74. The summed E-state index contributed by atoms with van der Waals surface area (Å²) >= 11 is 5.00. The van der Waals surface area contributed by atoms with Crippen LogP contribution in [0.15, 0.2) is 28.7 Å². The monoisotopic (exact) mass is 379 g/mol. The number of nitrogens with zero attached hydrogens (tertiary/aromatic N) is 2. The Balaban J connectivity index is 1.62. The van der Waals surface area contributed by atoms with Crippen molar-refractivity contribution in [2.75, 3.05) is 18.4 Å². The number of aromatic nitrogens is 1. The van der Waals surface area contributed by atoms with Crippen molar-refractivity contribution in [3.8, 4) is 0 Å². The van der Waals surface area contributed by atoms with Crippen LogP contribution in [0.5, 0.6) is 0 Å². The predicted molar refractivity (Wildman–Crippen MR) is 93.2 cm³/mol. The number of carbonyl (C=O) groups is 1. The lowest BCUT2D eigenvalue weighted by molar-refractivity contribution is -0.115. The summed E-state index contributed by atoms with van der Waals surface area (Å²) in [6, 6.07) is 7.80. The molecule has 2 aromatic rings. The highest BCUT2D eigenvalue weighted by Crippen LogP contribution is 2.28. The first-order valence-corrected chi connectivity index (χ1v) is 9.00. The molecule has 1 amide bonds. The first-order valence-electron chi connectivity index (χ1n) is 7.39. The number of hydrogen-bond donors (Lipinski definition) is 1. The van der Waals surface area contributed by atoms with Crippen LogP contribution in [0.25, 0.3) is 0 Å². The fourth-order valence-corrected chi connectivity index (χ4v) is 3.85. The van der Waals surface area contributed by atoms with E-state index in [1.54, 1.807) is 11.3 Å². The molecule has 1 aliphatic rings. The normalized spacial score (nSPS) is 14.6. The molecule has 3 rings (SSSR count). The number of anilines is 1. The molecule has 0 spiro atoms. The molecule has 1 aliphatic heterocycles. The van der Waals surface area contributed by atoms with Crippen molar-refractivity contribution in [1.82, 2.24) is 9.88 Å². The van der Waals surface area contributed by atoms with Gasteiger partial charge in [0.2, 0.25) is 5.91 Å². The number of hydrogen-bond acceptors (Lipinski definition) is 4. The van der Waals surface area contributed by atoms with E-state index in [4.69, 9.17) is 0 Å². The molecule has 1 aromatic heterocycles. The Labute approximate surface area is 142 Å². The van der Waals surface area contributed by atoms with E-state index < -0.39 is 0 Å². The standard InChI is InChI=1S/C16H18BrN3OS/c1-2-20-8-7-13-14(10-20)22-16(18-13)19-15(21)9-11-3-5-12(17)6-4-11/h3-6H,2,7-10H2,1H3,(H,18,19,21). The average molecular weight is 380 g/mol. The lowest BCUT2D eigenvalue weighted by Crippen LogP contribution is -2.29. The van der Waals surface area contributed by atoms with E-state index in [1.807, 2.05) is 24.3 Å². The van der Waals surface area contributed by atoms with Gasteiger partial charge in [-0.1, -0.05) is 35.0 Å². The second-order valence-electron chi connectivity index (χ2n) is 5.36. The number of thiazole rings is 1. The molecule has 116 valence electrons. The Morgan fingerprint density at radius 3 is 2.91 bits per heavy atom. The molecule has 0 bridgehead atoms. The second kappa shape index (κ2) is 6.89. The topological polar surface area (TPSA) is 45.2 Å². The second-order valence-corrected chi connectivity index (χ2v) is 7.36. The van der Waals surface area contributed by atoms with Crippen molar-refractivity contribution in [3.05, 3.63) is 44.9 Å². The highest BCUT2D eigenvalue weighted by molar-refractivity contribution is 9.10. The Hall–Kier alpha value is -1.24. The van der Waals surface area contributed by atoms with Crippen LogP contribution < -0.4 is 5.32 Å². The van der Waals surface area contributed by atoms with E-state index in [1.165, 1.54) is 4.88 Å². The predicted octanol–water partition coefficient (Wildman–Crippen LogP) is 3.46. The van der Waals surface area contributed by atoms with E-state index in [-0.39, 0.29) is 5.91 Å². The lowest BCUT2D eigenvalue weighted by Gasteiger charge is -2.23. The Kier molecular flexibility index (Phi) is 4.90. The van der Waals surface area contributed by atoms with Crippen molar-refractivity contribution in [3.63, 3.8) is 0 Å². The van der Waals surface area contributed by atoms with E-state index in [2.05, 4.69) is 38.1 Å². The third-order valence-electron chi connectivity index (χ3n) is 3.78. The highest BCUT2D eigenvalue weighted by Gasteiger charge is 2.20. The maximum atomic E-state index is 12.1. The molecule has 4 nitrogen and oxygen atoms in total. The van der Waals surface area contributed by atoms with E-state index in [0.717, 1.165) is 46.9 Å². The smallest absolute Gasteiger partial charge is 0.230 e. The van der Waals surface area contributed by atoms with Crippen LogP contribution >= 0.6 is 27.3 Å². The van der Waals surface area contributed by atoms with Crippen LogP contribution in [0.1, 0.15) is 23.1 Å². The Morgan fingerprint density at radius 1 is 1.41 bits per heavy atom. The molecule has 0 unspecified atom stereocenters. The molecule has 0 radical (unpaired) electrons. The molecular formula is C16H18BrN3OS. The number of nitrogens with one attached hydrogen (secondary N) is 1. The van der Waals surface area contributed by atoms with Gasteiger partial charge in [-0.05, 0) is 24.2 Å². The van der Waals surface area contributed by atoms with Crippen molar-refractivity contribution in [2.24, 2.45) is 0 Å². The first-order chi connectivity index (χ1) is 10.6. The molecule has 1 N–H and O–H groups in total. The maximum Gasteiger partial charge on any atom is 0.230 e. The van der Waals surface area contributed by atoms with E-state index >= 15 is 0 Å². The van der Waals surface area contributed by atoms with Crippen LogP contribution in [0.2, 0.25) is 0 Å². The van der Waals surface area contributed by atoms with Gasteiger partial charge in [0, 0.05) is 28.9 Å². The highest BCUT2D eigenvalue weighted by atomic mass is 79.9. The van der Waals surface area contributed by atoms with Gasteiger partial charge in [-0.3, -0.25) is 9.69 Å². The molecule has 0 fully saturated rings. The zero-order chi connectivity index (χ0) is 15.5. The van der Waals surface area contributed by atoms with Crippen LogP contribution in [0.4, 0.5) is 5.13 Å². The molecule has 0 saturated carbocycles. The van der Waals surface area contributed by atoms with Crippen molar-refractivity contribution in [1.29, 1.82) is 0 Å². The lowest BCUT2D eigenvalue weighted by atomic mass is 10.1. The summed E-state index contributed by atoms with van der Waals surface area (Å²) in [7, 11) is 0. The minimum absolute atomic E-state index is 0.0132. The van der Waals surface area contributed by atoms with E-state index in [0.29, 0.717) is 6.42 Å². The Morgan fingerprint density at radius 2 is 2.18 bits per heavy atom. The number of rotatable bonds is 4. The Bertz CT molecular complexity index is 669. The maximum absolute atomic E-state index is 12.1. The van der Waals surface area contributed by atoms with Crippen LogP contribution in [-0.2, 0) is 24.2 Å². The van der Waals surface area contributed by atoms with Gasteiger partial charge < -0.3 is 5.32 Å². The molecule has 0 atom stereocenters. The van der Waals surface area contributed by atoms with Crippen LogP contribution in [0.3, 0.4) is 0 Å². The van der Waals surface area contributed by atoms with Gasteiger partial charge in [-0.25, -0.2) is 4.98 Å². The summed E-state index contributed by atoms with van der Waals surface area (Å²) in [5.41, 5.74) is 2.15. The third-order valence-corrected chi connectivity index (χ3v) is 5.31. The van der Waals surface area contributed by atoms with Gasteiger partial charge in [-0.15, -0.1) is 11.3 Å². The molecule has 0 saturated heterocycles. The summed E-state index contributed by atoms with van der Waals surface area (Å²) in [6.07, 6.45) is 1.35. The van der Waals surface area contributed by atoms with Gasteiger partial charge in [-0.2, -0.15) is 0 Å². The molecule has 1 aromatic carbocycles. The number of benzene rings is 1. The SMILES string of the molecule is CCN1CCc2nc(NC(=O)Cc3ccc(Br)cc3)sc2C1. The zero-order valence-electron chi connectivity index (χ0n) is 12.4. The van der Waals surface area contributed by atoms with Crippen molar-refractivity contribution >= 4 is 38.3 Å². The molecule has 0 aliphatic carbocycles. The average Bonchev–Trinajstić information content (AvgIpc) is 2.90. The van der Waals surface area contributed by atoms with Gasteiger partial charge in [0.15, 0.2) is 5.13 Å². The largest absolute Gasteiger partial charge is 0.302 e. The molecule has 6 heteroatoms. The number of likely N-dealkylation sites (N-methyl/N-ethyl adjacent to an activating group) is 1. The fraction of sp³-hybridized carbons (Fsp3) is 0.375. The summed E-state index contributed by atoms with van der Waals surface area (Å²) in [5, 5.41) is 3.66. The summed E-state index contributed by atoms with van der Waals surface area (Å²) in [5.74, 6) is -0.0132. The minimum atomic E-state index is -0.0132. The number of carbonyl (C=O) groups excluding carboxylic acids is 1. The number of fused-ring (bicyclic) bond motifs is 1. The molecule has 2 heterocycles. The van der Waals surface area contributed by atoms with Gasteiger partial charge in [0.1, 0.15) is 0 Å². The minimum Gasteiger partial charge on any atom is -0.302 e. The summed E-state index contributed by atoms with van der Waals surface area (Å²) < 4.78 is 1.02. The quantitative estimate of drug-likeness (QED) is 0.884. The van der Waals surface area contributed by atoms with Crippen molar-refractivity contribution < 1.29 is 4.79 Å². The van der Waals surface area contributed by atoms with Crippen LogP contribution in [-0.4, -0.2) is 28.9 Å². The molecular weight excluding hydrogens is 362 g/mol. The first kappa shape index (κ1) is 15.6.